The van der Waals surface area contributed by atoms with Crippen molar-refractivity contribution in [2.24, 2.45) is 0 Å². The van der Waals surface area contributed by atoms with Crippen molar-refractivity contribution in [1.82, 2.24) is 15.6 Å². The molecule has 26 heavy (non-hydrogen) atoms. The molecule has 0 radical (unpaired) electrons. The van der Waals surface area contributed by atoms with Gasteiger partial charge >= 0.3 is 5.97 Å². The normalized spacial score (nSPS) is 11.0. The first-order valence-corrected chi connectivity index (χ1v) is 8.59. The predicted molar refractivity (Wildman–Crippen MR) is 99.2 cm³/mol. The highest BCUT2D eigenvalue weighted by Crippen LogP contribution is 2.19. The van der Waals surface area contributed by atoms with Gasteiger partial charge in [0.15, 0.2) is 5.60 Å². The van der Waals surface area contributed by atoms with E-state index in [-0.39, 0.29) is 30.2 Å². The molecule has 1 rings (SSSR count). The number of pyridine rings is 1. The Morgan fingerprint density at radius 3 is 2.42 bits per heavy atom. The smallest absolute Gasteiger partial charge is 0.303 e. The third kappa shape index (κ3) is 6.87. The summed E-state index contributed by atoms with van der Waals surface area (Å²) in [5.41, 5.74) is -0.336. The Hall–Kier alpha value is -2.35. The van der Waals surface area contributed by atoms with Crippen LogP contribution in [0.5, 0.6) is 0 Å². The number of carbonyl (C=O) groups is 3. The van der Waals surface area contributed by atoms with E-state index in [9.17, 15) is 14.4 Å². The molecule has 0 aliphatic heterocycles. The molecule has 3 N–H and O–H groups in total. The molecule has 0 saturated heterocycles. The molecule has 0 unspecified atom stereocenters. The number of hydrogen-bond acceptors (Lipinski definition) is 6. The predicted octanol–water partition coefficient (Wildman–Crippen LogP) is 1.74. The minimum atomic E-state index is -1.27. The standard InChI is InChI=1S/C17H25ClN4O4/c1-10(2)22-13-8-14(18)21-9-12(13)15(24)19-6-7-20-16(25)17(4,5)26-11(3)23/h8-10H,6-7H2,1-5H3,(H,19,24)(H,20,25)(H,21,22). The van der Waals surface area contributed by atoms with Gasteiger partial charge in [-0.25, -0.2) is 4.98 Å². The number of nitrogens with one attached hydrogen (secondary N) is 3. The second-order valence-corrected chi connectivity index (χ2v) is 6.85. The summed E-state index contributed by atoms with van der Waals surface area (Å²) in [5.74, 6) is -1.33. The molecule has 144 valence electrons. The van der Waals surface area contributed by atoms with Crippen molar-refractivity contribution >= 4 is 35.1 Å². The monoisotopic (exact) mass is 384 g/mol. The lowest BCUT2D eigenvalue weighted by molar-refractivity contribution is -0.162. The van der Waals surface area contributed by atoms with Gasteiger partial charge in [0.1, 0.15) is 5.15 Å². The fourth-order valence-electron chi connectivity index (χ4n) is 2.11. The van der Waals surface area contributed by atoms with Gasteiger partial charge in [-0.05, 0) is 33.8 Å². The van der Waals surface area contributed by atoms with Crippen molar-refractivity contribution in [1.29, 1.82) is 0 Å². The van der Waals surface area contributed by atoms with E-state index in [4.69, 9.17) is 16.3 Å². The van der Waals surface area contributed by atoms with Crippen molar-refractivity contribution < 1.29 is 19.1 Å². The number of amides is 2. The van der Waals surface area contributed by atoms with E-state index in [1.807, 2.05) is 13.8 Å². The molecule has 0 aromatic carbocycles. The maximum atomic E-state index is 12.3. The summed E-state index contributed by atoms with van der Waals surface area (Å²) in [5, 5.41) is 8.72. The van der Waals surface area contributed by atoms with Crippen LogP contribution in [0.4, 0.5) is 5.69 Å². The van der Waals surface area contributed by atoms with Gasteiger partial charge in [-0.15, -0.1) is 0 Å². The summed E-state index contributed by atoms with van der Waals surface area (Å²) in [6.45, 7) is 8.48. The van der Waals surface area contributed by atoms with Crippen LogP contribution >= 0.6 is 11.6 Å². The summed E-state index contributed by atoms with van der Waals surface area (Å²) < 4.78 is 4.94. The Morgan fingerprint density at radius 1 is 1.23 bits per heavy atom. The summed E-state index contributed by atoms with van der Waals surface area (Å²) >= 11 is 5.88. The fraction of sp³-hybridized carbons (Fsp3) is 0.529. The van der Waals surface area contributed by atoms with Gasteiger partial charge in [0.2, 0.25) is 0 Å². The second-order valence-electron chi connectivity index (χ2n) is 6.47. The van der Waals surface area contributed by atoms with Crippen LogP contribution < -0.4 is 16.0 Å². The van der Waals surface area contributed by atoms with Crippen LogP contribution in [0.25, 0.3) is 0 Å². The van der Waals surface area contributed by atoms with E-state index in [1.54, 1.807) is 6.07 Å². The topological polar surface area (TPSA) is 109 Å². The number of nitrogens with zero attached hydrogens (tertiary/aromatic N) is 1. The summed E-state index contributed by atoms with van der Waals surface area (Å²) in [6.07, 6.45) is 1.39. The van der Waals surface area contributed by atoms with Gasteiger partial charge in [0, 0.05) is 32.3 Å². The maximum absolute atomic E-state index is 12.3. The number of aromatic nitrogens is 1. The molecule has 9 heteroatoms. The zero-order chi connectivity index (χ0) is 19.9. The number of carbonyl (C=O) groups excluding carboxylic acids is 3. The number of ether oxygens (including phenoxy) is 1. The lowest BCUT2D eigenvalue weighted by atomic mass is 10.1. The van der Waals surface area contributed by atoms with Gasteiger partial charge in [0.25, 0.3) is 11.8 Å². The number of esters is 1. The van der Waals surface area contributed by atoms with Crippen molar-refractivity contribution in [2.75, 3.05) is 18.4 Å². The Bertz CT molecular complexity index is 677. The van der Waals surface area contributed by atoms with Gasteiger partial charge in [-0.2, -0.15) is 0 Å². The molecule has 0 aliphatic carbocycles. The second kappa shape index (κ2) is 9.38. The van der Waals surface area contributed by atoms with Crippen LogP contribution in [0, 0.1) is 0 Å². The zero-order valence-electron chi connectivity index (χ0n) is 15.6. The summed E-state index contributed by atoms with van der Waals surface area (Å²) in [7, 11) is 0. The minimum Gasteiger partial charge on any atom is -0.450 e. The molecule has 0 bridgehead atoms. The average Bonchev–Trinajstić information content (AvgIpc) is 2.49. The molecule has 2 amide bonds. The van der Waals surface area contributed by atoms with Crippen molar-refractivity contribution in [3.05, 3.63) is 23.0 Å². The Balaban J connectivity index is 2.58. The van der Waals surface area contributed by atoms with E-state index in [0.29, 0.717) is 11.3 Å². The van der Waals surface area contributed by atoms with E-state index < -0.39 is 17.5 Å². The lowest BCUT2D eigenvalue weighted by Crippen LogP contribution is -2.47. The summed E-state index contributed by atoms with van der Waals surface area (Å²) in [6, 6.07) is 1.70. The first-order chi connectivity index (χ1) is 12.0. The fourth-order valence-corrected chi connectivity index (χ4v) is 2.26. The number of hydrogen-bond donors (Lipinski definition) is 3. The van der Waals surface area contributed by atoms with E-state index in [0.717, 1.165) is 0 Å². The van der Waals surface area contributed by atoms with Gasteiger partial charge in [-0.1, -0.05) is 11.6 Å². The van der Waals surface area contributed by atoms with Gasteiger partial charge < -0.3 is 20.7 Å². The average molecular weight is 385 g/mol. The largest absolute Gasteiger partial charge is 0.450 e. The van der Waals surface area contributed by atoms with Crippen LogP contribution in [-0.4, -0.2) is 47.5 Å². The van der Waals surface area contributed by atoms with Crippen LogP contribution in [0.3, 0.4) is 0 Å². The molecular weight excluding hydrogens is 360 g/mol. The zero-order valence-corrected chi connectivity index (χ0v) is 16.4. The first kappa shape index (κ1) is 21.7. The third-order valence-corrected chi connectivity index (χ3v) is 3.41. The van der Waals surface area contributed by atoms with Crippen LogP contribution in [0.1, 0.15) is 45.0 Å². The number of halogens is 1. The summed E-state index contributed by atoms with van der Waals surface area (Å²) in [4.78, 5) is 39.2. The molecule has 1 aromatic heterocycles. The van der Waals surface area contributed by atoms with E-state index in [1.165, 1.54) is 27.0 Å². The molecule has 0 saturated carbocycles. The number of rotatable bonds is 8. The van der Waals surface area contributed by atoms with Crippen LogP contribution in [0.15, 0.2) is 12.3 Å². The maximum Gasteiger partial charge on any atom is 0.303 e. The Kier molecular flexibility index (Phi) is 7.82. The van der Waals surface area contributed by atoms with Crippen molar-refractivity contribution in [3.63, 3.8) is 0 Å². The highest BCUT2D eigenvalue weighted by Gasteiger charge is 2.30. The molecule has 1 heterocycles. The third-order valence-electron chi connectivity index (χ3n) is 3.20. The molecule has 0 atom stereocenters. The van der Waals surface area contributed by atoms with Crippen LogP contribution in [0.2, 0.25) is 5.15 Å². The van der Waals surface area contributed by atoms with Crippen molar-refractivity contribution in [3.8, 4) is 0 Å². The lowest BCUT2D eigenvalue weighted by Gasteiger charge is -2.23. The molecule has 0 spiro atoms. The molecule has 0 fully saturated rings. The van der Waals surface area contributed by atoms with E-state index >= 15 is 0 Å². The SMILES string of the molecule is CC(=O)OC(C)(C)C(=O)NCCNC(=O)c1cnc(Cl)cc1NC(C)C. The van der Waals surface area contributed by atoms with E-state index in [2.05, 4.69) is 20.9 Å². The Morgan fingerprint density at radius 2 is 1.85 bits per heavy atom. The number of anilines is 1. The quantitative estimate of drug-likeness (QED) is 0.358. The molecule has 0 aliphatic rings. The Labute approximate surface area is 158 Å². The van der Waals surface area contributed by atoms with Gasteiger partial charge in [-0.3, -0.25) is 14.4 Å². The first-order valence-electron chi connectivity index (χ1n) is 8.21. The molecule has 8 nitrogen and oxygen atoms in total. The highest BCUT2D eigenvalue weighted by atomic mass is 35.5. The molecular formula is C17H25ClN4O4. The van der Waals surface area contributed by atoms with Crippen LogP contribution in [-0.2, 0) is 14.3 Å². The van der Waals surface area contributed by atoms with Gasteiger partial charge in [0.05, 0.1) is 11.3 Å². The highest BCUT2D eigenvalue weighted by molar-refractivity contribution is 6.29. The molecule has 1 aromatic rings. The van der Waals surface area contributed by atoms with Crippen molar-refractivity contribution in [2.45, 2.75) is 46.3 Å². The minimum absolute atomic E-state index is 0.114.